The quantitative estimate of drug-likeness (QED) is 0.559. The molecule has 0 aliphatic heterocycles. The Bertz CT molecular complexity index is 345. The van der Waals surface area contributed by atoms with Gasteiger partial charge in [-0.05, 0) is 38.0 Å². The summed E-state index contributed by atoms with van der Waals surface area (Å²) in [5.41, 5.74) is 1.89. The zero-order chi connectivity index (χ0) is 13.1. The number of hydrogen-bond acceptors (Lipinski definition) is 0. The maximum absolute atomic E-state index is 2.49. The molecule has 0 aromatic carbocycles. The minimum atomic E-state index is 0.238. The van der Waals surface area contributed by atoms with Crippen LogP contribution in [-0.4, -0.2) is 0 Å². The second-order valence-electron chi connectivity index (χ2n) is 5.82. The Balaban J connectivity index is 3.25. The largest absolute Gasteiger partial charge is 0.0911 e. The normalized spacial score (nSPS) is 32.6. The molecule has 0 bridgehead atoms. The molecule has 1 aliphatic carbocycles. The molecule has 0 nitrogen and oxygen atoms in total. The Labute approximate surface area is 108 Å². The highest BCUT2D eigenvalue weighted by molar-refractivity contribution is 5.31. The van der Waals surface area contributed by atoms with Gasteiger partial charge in [0.25, 0.3) is 0 Å². The van der Waals surface area contributed by atoms with E-state index in [4.69, 9.17) is 0 Å². The van der Waals surface area contributed by atoms with Gasteiger partial charge in [0.1, 0.15) is 0 Å². The fourth-order valence-electron chi connectivity index (χ4n) is 3.29. The summed E-state index contributed by atoms with van der Waals surface area (Å²) < 4.78 is 0. The second kappa shape index (κ2) is 5.25. The summed E-state index contributed by atoms with van der Waals surface area (Å²) in [6, 6.07) is 0. The maximum Gasteiger partial charge on any atom is 0.00100 e. The van der Waals surface area contributed by atoms with Gasteiger partial charge in [-0.2, -0.15) is 0 Å². The van der Waals surface area contributed by atoms with Crippen molar-refractivity contribution in [2.24, 2.45) is 16.7 Å². The van der Waals surface area contributed by atoms with Crippen molar-refractivity contribution in [3.05, 3.63) is 36.0 Å². The van der Waals surface area contributed by atoms with Gasteiger partial charge in [0.15, 0.2) is 0 Å². The highest BCUT2D eigenvalue weighted by Crippen LogP contribution is 2.53. The lowest BCUT2D eigenvalue weighted by Gasteiger charge is -2.49. The van der Waals surface area contributed by atoms with Crippen molar-refractivity contribution in [2.75, 3.05) is 0 Å². The van der Waals surface area contributed by atoms with Crippen LogP contribution in [-0.2, 0) is 0 Å². The average Bonchev–Trinajstić information content (AvgIpc) is 2.29. The molecule has 0 aromatic heterocycles. The number of hydrogen-bond donors (Lipinski definition) is 0. The van der Waals surface area contributed by atoms with Gasteiger partial charge in [0.05, 0.1) is 0 Å². The monoisotopic (exact) mass is 232 g/mol. The molecular formula is C17H28. The lowest BCUT2D eigenvalue weighted by atomic mass is 9.55. The molecule has 1 aliphatic rings. The smallest absolute Gasteiger partial charge is 0.00100 e. The van der Waals surface area contributed by atoms with Crippen LogP contribution < -0.4 is 0 Å². The van der Waals surface area contributed by atoms with E-state index in [0.717, 1.165) is 0 Å². The first-order chi connectivity index (χ1) is 7.93. The van der Waals surface area contributed by atoms with Crippen LogP contribution in [0.15, 0.2) is 36.0 Å². The van der Waals surface area contributed by atoms with Crippen LogP contribution in [0.25, 0.3) is 0 Å². The molecule has 0 radical (unpaired) electrons. The van der Waals surface area contributed by atoms with Gasteiger partial charge < -0.3 is 0 Å². The lowest BCUT2D eigenvalue weighted by molar-refractivity contribution is 0.113. The zero-order valence-corrected chi connectivity index (χ0v) is 12.4. The lowest BCUT2D eigenvalue weighted by Crippen LogP contribution is -2.41. The molecule has 17 heavy (non-hydrogen) atoms. The van der Waals surface area contributed by atoms with Crippen LogP contribution in [0.5, 0.6) is 0 Å². The van der Waals surface area contributed by atoms with Crippen LogP contribution >= 0.6 is 0 Å². The molecule has 0 aromatic rings. The fourth-order valence-corrected chi connectivity index (χ4v) is 3.29. The minimum Gasteiger partial charge on any atom is -0.0911 e. The van der Waals surface area contributed by atoms with Crippen molar-refractivity contribution in [1.82, 2.24) is 0 Å². The highest BCUT2D eigenvalue weighted by atomic mass is 14.5. The van der Waals surface area contributed by atoms with Crippen molar-refractivity contribution >= 4 is 0 Å². The molecular weight excluding hydrogens is 204 g/mol. The molecule has 0 amide bonds. The first-order valence-electron chi connectivity index (χ1n) is 6.95. The minimum absolute atomic E-state index is 0.238. The van der Waals surface area contributed by atoms with Crippen molar-refractivity contribution in [2.45, 2.75) is 54.4 Å². The molecule has 0 saturated carbocycles. The third-order valence-electron chi connectivity index (χ3n) is 4.83. The van der Waals surface area contributed by atoms with E-state index in [1.807, 2.05) is 0 Å². The Morgan fingerprint density at radius 3 is 2.53 bits per heavy atom. The summed E-state index contributed by atoms with van der Waals surface area (Å²) in [4.78, 5) is 0. The molecule has 3 unspecified atom stereocenters. The first-order valence-corrected chi connectivity index (χ1v) is 6.95. The van der Waals surface area contributed by atoms with Gasteiger partial charge in [0.2, 0.25) is 0 Å². The van der Waals surface area contributed by atoms with E-state index in [1.165, 1.54) is 18.4 Å². The molecule has 0 N–H and O–H groups in total. The molecule has 0 heterocycles. The molecule has 0 saturated heterocycles. The van der Waals surface area contributed by atoms with Crippen molar-refractivity contribution < 1.29 is 0 Å². The summed E-state index contributed by atoms with van der Waals surface area (Å²) in [5.74, 6) is 0.646. The average molecular weight is 232 g/mol. The van der Waals surface area contributed by atoms with Gasteiger partial charge in [-0.25, -0.2) is 0 Å². The van der Waals surface area contributed by atoms with Crippen LogP contribution in [0.1, 0.15) is 54.4 Å². The SMILES string of the molecule is CC=CC(C)(CC)C1(C)C=C(C)C=CC1CC. The third-order valence-corrected chi connectivity index (χ3v) is 4.83. The van der Waals surface area contributed by atoms with Gasteiger partial charge in [-0.1, -0.05) is 63.6 Å². The highest BCUT2D eigenvalue weighted by Gasteiger charge is 2.44. The number of rotatable bonds is 4. The Hall–Kier alpha value is -0.780. The van der Waals surface area contributed by atoms with Crippen molar-refractivity contribution in [1.29, 1.82) is 0 Å². The van der Waals surface area contributed by atoms with E-state index < -0.39 is 0 Å². The second-order valence-corrected chi connectivity index (χ2v) is 5.82. The topological polar surface area (TPSA) is 0 Å². The molecule has 1 rings (SSSR count). The summed E-state index contributed by atoms with van der Waals surface area (Å²) in [6.07, 6.45) is 14.2. The Kier molecular flexibility index (Phi) is 4.41. The summed E-state index contributed by atoms with van der Waals surface area (Å²) >= 11 is 0. The summed E-state index contributed by atoms with van der Waals surface area (Å²) in [6.45, 7) is 13.8. The van der Waals surface area contributed by atoms with E-state index in [9.17, 15) is 0 Å². The molecule has 0 spiro atoms. The molecule has 0 heteroatoms. The molecule has 0 fully saturated rings. The van der Waals surface area contributed by atoms with Gasteiger partial charge in [0, 0.05) is 5.41 Å². The molecule has 96 valence electrons. The molecule has 3 atom stereocenters. The zero-order valence-electron chi connectivity index (χ0n) is 12.4. The number of allylic oxidation sites excluding steroid dienone is 6. The maximum atomic E-state index is 2.49. The third kappa shape index (κ3) is 2.41. The van der Waals surface area contributed by atoms with Gasteiger partial charge in [-0.15, -0.1) is 0 Å². The van der Waals surface area contributed by atoms with E-state index in [-0.39, 0.29) is 10.8 Å². The predicted octanol–water partition coefficient (Wildman–Crippen LogP) is 5.53. The predicted molar refractivity (Wildman–Crippen MR) is 78.0 cm³/mol. The van der Waals surface area contributed by atoms with Crippen LogP contribution in [0.4, 0.5) is 0 Å². The summed E-state index contributed by atoms with van der Waals surface area (Å²) in [7, 11) is 0. The van der Waals surface area contributed by atoms with E-state index in [1.54, 1.807) is 0 Å². The van der Waals surface area contributed by atoms with E-state index >= 15 is 0 Å². The van der Waals surface area contributed by atoms with Gasteiger partial charge >= 0.3 is 0 Å². The van der Waals surface area contributed by atoms with Crippen molar-refractivity contribution in [3.8, 4) is 0 Å². The Morgan fingerprint density at radius 2 is 2.06 bits per heavy atom. The van der Waals surface area contributed by atoms with E-state index in [2.05, 4.69) is 71.9 Å². The van der Waals surface area contributed by atoms with E-state index in [0.29, 0.717) is 5.92 Å². The van der Waals surface area contributed by atoms with Crippen LogP contribution in [0.2, 0.25) is 0 Å². The van der Waals surface area contributed by atoms with Crippen molar-refractivity contribution in [3.63, 3.8) is 0 Å². The van der Waals surface area contributed by atoms with Crippen LogP contribution in [0.3, 0.4) is 0 Å². The first kappa shape index (κ1) is 14.3. The summed E-state index contributed by atoms with van der Waals surface area (Å²) in [5, 5.41) is 0. The standard InChI is InChI=1S/C17H28/c1-7-12-16(5,9-3)17(6)13-14(4)10-11-15(17)8-2/h7,10-13,15H,8-9H2,1-6H3. The van der Waals surface area contributed by atoms with Gasteiger partial charge in [-0.3, -0.25) is 0 Å². The Morgan fingerprint density at radius 1 is 1.41 bits per heavy atom. The fraction of sp³-hybridized carbons (Fsp3) is 0.647. The van der Waals surface area contributed by atoms with Crippen LogP contribution in [0, 0.1) is 16.7 Å².